The summed E-state index contributed by atoms with van der Waals surface area (Å²) < 4.78 is 0. The van der Waals surface area contributed by atoms with Crippen LogP contribution in [0.15, 0.2) is 24.3 Å². The van der Waals surface area contributed by atoms with E-state index >= 15 is 0 Å². The van der Waals surface area contributed by atoms with E-state index in [-0.39, 0.29) is 0 Å². The summed E-state index contributed by atoms with van der Waals surface area (Å²) in [6.45, 7) is 0.576. The quantitative estimate of drug-likeness (QED) is 0.648. The molecule has 0 aliphatic heterocycles. The van der Waals surface area contributed by atoms with Gasteiger partial charge in [0.05, 0.1) is 0 Å². The molecule has 0 spiro atoms. The molecule has 3 nitrogen and oxygen atoms in total. The Hall–Kier alpha value is -1.40. The van der Waals surface area contributed by atoms with Crippen LogP contribution in [0.5, 0.6) is 0 Å². The molecule has 0 saturated heterocycles. The second kappa shape index (κ2) is 3.69. The van der Waals surface area contributed by atoms with Gasteiger partial charge in [-0.1, -0.05) is 18.2 Å². The molecule has 0 heterocycles. The van der Waals surface area contributed by atoms with Crippen molar-refractivity contribution in [3.8, 4) is 0 Å². The molecule has 3 heteroatoms. The van der Waals surface area contributed by atoms with Gasteiger partial charge < -0.3 is 5.73 Å². The molecular weight excluding hydrogens is 138 g/mol. The average Bonchev–Trinajstić information content (AvgIpc) is 2.06. The Balaban J connectivity index is 2.95. The first kappa shape index (κ1) is 7.70. The van der Waals surface area contributed by atoms with E-state index in [1.807, 2.05) is 18.2 Å². The summed E-state index contributed by atoms with van der Waals surface area (Å²) in [7, 11) is 0. The summed E-state index contributed by atoms with van der Waals surface area (Å²) >= 11 is 0. The molecule has 1 aromatic carbocycles. The maximum Gasteiger partial charge on any atom is 0.388 e. The smallest absolute Gasteiger partial charge is 0.330 e. The lowest BCUT2D eigenvalue weighted by Gasteiger charge is -1.91. The van der Waals surface area contributed by atoms with Crippen LogP contribution in [0.1, 0.15) is 5.56 Å². The maximum atomic E-state index is 8.53. The van der Waals surface area contributed by atoms with E-state index in [0.717, 1.165) is 12.0 Å². The molecule has 11 heavy (non-hydrogen) atoms. The zero-order chi connectivity index (χ0) is 8.10. The number of diazo groups is 1. The summed E-state index contributed by atoms with van der Waals surface area (Å²) in [6.07, 6.45) is 0.750. The van der Waals surface area contributed by atoms with Crippen LogP contribution in [-0.2, 0) is 6.42 Å². The van der Waals surface area contributed by atoms with Gasteiger partial charge in [-0.3, -0.25) is 0 Å². The lowest BCUT2D eigenvalue weighted by atomic mass is 10.1. The third kappa shape index (κ3) is 1.76. The van der Waals surface area contributed by atoms with Gasteiger partial charge in [0.15, 0.2) is 4.98 Å². The van der Waals surface area contributed by atoms with Crippen molar-refractivity contribution < 1.29 is 0 Å². The maximum absolute atomic E-state index is 8.53. The summed E-state index contributed by atoms with van der Waals surface area (Å²) in [5, 5.41) is 8.53. The van der Waals surface area contributed by atoms with Crippen molar-refractivity contribution in [1.29, 1.82) is 5.39 Å². The molecule has 0 fully saturated rings. The highest BCUT2D eigenvalue weighted by atomic mass is 14.8. The molecule has 0 atom stereocenters. The topological polar surface area (TPSA) is 54.2 Å². The van der Waals surface area contributed by atoms with Crippen molar-refractivity contribution in [2.45, 2.75) is 6.42 Å². The second-order valence-corrected chi connectivity index (χ2v) is 2.27. The first-order valence-corrected chi connectivity index (χ1v) is 3.51. The monoisotopic (exact) mass is 148 g/mol. The first-order valence-electron chi connectivity index (χ1n) is 3.51. The van der Waals surface area contributed by atoms with Gasteiger partial charge >= 0.3 is 5.69 Å². The van der Waals surface area contributed by atoms with Crippen LogP contribution in [0.2, 0.25) is 0 Å². The number of rotatable bonds is 2. The summed E-state index contributed by atoms with van der Waals surface area (Å²) in [5.41, 5.74) is 6.95. The molecule has 1 aromatic rings. The van der Waals surface area contributed by atoms with Crippen molar-refractivity contribution in [3.63, 3.8) is 0 Å². The number of nitrogens with zero attached hydrogens (tertiary/aromatic N) is 2. The van der Waals surface area contributed by atoms with Crippen LogP contribution in [0.25, 0.3) is 4.98 Å². The number of hydrogen-bond donors (Lipinski definition) is 1. The highest BCUT2D eigenvalue weighted by Crippen LogP contribution is 2.17. The molecule has 0 aromatic heterocycles. The van der Waals surface area contributed by atoms with Gasteiger partial charge in [0.25, 0.3) is 0 Å². The fourth-order valence-electron chi connectivity index (χ4n) is 0.975. The first-order chi connectivity index (χ1) is 5.38. The lowest BCUT2D eigenvalue weighted by molar-refractivity contribution is 0.972. The molecule has 0 radical (unpaired) electrons. The molecule has 0 amide bonds. The van der Waals surface area contributed by atoms with Crippen LogP contribution in [0.4, 0.5) is 5.69 Å². The van der Waals surface area contributed by atoms with Gasteiger partial charge in [-0.05, 0) is 13.0 Å². The van der Waals surface area contributed by atoms with Gasteiger partial charge in [-0.25, -0.2) is 0 Å². The molecule has 0 aliphatic carbocycles. The fourth-order valence-corrected chi connectivity index (χ4v) is 0.975. The largest absolute Gasteiger partial charge is 0.388 e. The van der Waals surface area contributed by atoms with Crippen LogP contribution < -0.4 is 5.73 Å². The van der Waals surface area contributed by atoms with E-state index in [9.17, 15) is 0 Å². The van der Waals surface area contributed by atoms with Crippen molar-refractivity contribution in [2.24, 2.45) is 5.73 Å². The zero-order valence-corrected chi connectivity index (χ0v) is 6.20. The van der Waals surface area contributed by atoms with E-state index in [0.29, 0.717) is 12.2 Å². The molecule has 2 N–H and O–H groups in total. The fraction of sp³-hybridized carbons (Fsp3) is 0.250. The van der Waals surface area contributed by atoms with Crippen molar-refractivity contribution in [2.75, 3.05) is 6.54 Å². The van der Waals surface area contributed by atoms with E-state index in [1.165, 1.54) is 0 Å². The summed E-state index contributed by atoms with van der Waals surface area (Å²) in [5.74, 6) is 0. The van der Waals surface area contributed by atoms with Gasteiger partial charge in [-0.15, -0.1) is 0 Å². The Bertz CT molecular complexity index is 275. The minimum absolute atomic E-state index is 0.576. The van der Waals surface area contributed by atoms with Crippen LogP contribution >= 0.6 is 0 Å². The van der Waals surface area contributed by atoms with Crippen LogP contribution in [0, 0.1) is 5.39 Å². The van der Waals surface area contributed by atoms with Gasteiger partial charge in [0.1, 0.15) is 0 Å². The molecule has 0 unspecified atom stereocenters. The average molecular weight is 148 g/mol. The minimum atomic E-state index is 0.576. The summed E-state index contributed by atoms with van der Waals surface area (Å²) in [6, 6.07) is 7.39. The molecule has 0 bridgehead atoms. The standard InChI is InChI=1S/C8H10N3/c9-6-5-7-3-1-2-4-8(7)11-10/h1-4H,5-6,9H2/q+1. The minimum Gasteiger partial charge on any atom is -0.330 e. The van der Waals surface area contributed by atoms with E-state index in [1.54, 1.807) is 6.07 Å². The highest BCUT2D eigenvalue weighted by Gasteiger charge is 2.09. The zero-order valence-electron chi connectivity index (χ0n) is 6.20. The Morgan fingerprint density at radius 2 is 2.09 bits per heavy atom. The van der Waals surface area contributed by atoms with Gasteiger partial charge in [0.2, 0.25) is 5.39 Å². The van der Waals surface area contributed by atoms with Crippen molar-refractivity contribution in [3.05, 3.63) is 34.8 Å². The van der Waals surface area contributed by atoms with Gasteiger partial charge in [-0.2, -0.15) is 0 Å². The molecule has 56 valence electrons. The Morgan fingerprint density at radius 1 is 1.36 bits per heavy atom. The summed E-state index contributed by atoms with van der Waals surface area (Å²) in [4.78, 5) is 3.13. The van der Waals surface area contributed by atoms with Crippen LogP contribution in [-0.4, -0.2) is 6.54 Å². The second-order valence-electron chi connectivity index (χ2n) is 2.27. The number of benzene rings is 1. The third-order valence-corrected chi connectivity index (χ3v) is 1.51. The third-order valence-electron chi connectivity index (χ3n) is 1.51. The van der Waals surface area contributed by atoms with Crippen molar-refractivity contribution >= 4 is 5.69 Å². The van der Waals surface area contributed by atoms with E-state index < -0.39 is 0 Å². The Labute approximate surface area is 65.5 Å². The highest BCUT2D eigenvalue weighted by molar-refractivity contribution is 5.51. The molecule has 0 aliphatic rings. The Kier molecular flexibility index (Phi) is 2.59. The molecule has 1 rings (SSSR count). The molecule has 0 saturated carbocycles. The predicted octanol–water partition coefficient (Wildman–Crippen LogP) is 1.67. The normalized spacial score (nSPS) is 9.09. The Morgan fingerprint density at radius 3 is 2.73 bits per heavy atom. The number of hydrogen-bond acceptors (Lipinski definition) is 2. The number of nitrogens with two attached hydrogens (primary N) is 1. The van der Waals surface area contributed by atoms with Crippen LogP contribution in [0.3, 0.4) is 0 Å². The SMILES string of the molecule is N#[N+]c1ccccc1CCN. The van der Waals surface area contributed by atoms with Gasteiger partial charge in [0, 0.05) is 11.6 Å². The van der Waals surface area contributed by atoms with Crippen molar-refractivity contribution in [1.82, 2.24) is 0 Å². The van der Waals surface area contributed by atoms with E-state index in [4.69, 9.17) is 11.1 Å². The molecular formula is C8H10N3+. The van der Waals surface area contributed by atoms with E-state index in [2.05, 4.69) is 4.98 Å². The predicted molar refractivity (Wildman–Crippen MR) is 43.9 cm³/mol. The lowest BCUT2D eigenvalue weighted by Crippen LogP contribution is -2.02.